The zero-order valence-electron chi connectivity index (χ0n) is 12.2. The van der Waals surface area contributed by atoms with E-state index < -0.39 is 5.97 Å². The largest absolute Gasteiger partial charge is 0.490 e. The van der Waals surface area contributed by atoms with E-state index in [1.54, 1.807) is 30.3 Å². The van der Waals surface area contributed by atoms with Crippen LogP contribution >= 0.6 is 15.9 Å². The van der Waals surface area contributed by atoms with Gasteiger partial charge in [0, 0.05) is 0 Å². The van der Waals surface area contributed by atoms with Crippen LogP contribution < -0.4 is 9.47 Å². The van der Waals surface area contributed by atoms with Gasteiger partial charge in [0.25, 0.3) is 0 Å². The lowest BCUT2D eigenvalue weighted by atomic mass is 10.2. The van der Waals surface area contributed by atoms with E-state index in [9.17, 15) is 4.79 Å². The van der Waals surface area contributed by atoms with Crippen LogP contribution in [0.4, 0.5) is 0 Å². The Labute approximate surface area is 133 Å². The number of halogens is 1. The zero-order chi connectivity index (χ0) is 15.4. The summed E-state index contributed by atoms with van der Waals surface area (Å²) in [5.74, 6) is 0.844. The fourth-order valence-electron chi connectivity index (χ4n) is 1.75. The Bertz CT molecular complexity index is 633. The number of benzene rings is 2. The molecule has 0 radical (unpaired) electrons. The summed E-state index contributed by atoms with van der Waals surface area (Å²) in [5.41, 5.74) is 1.59. The van der Waals surface area contributed by atoms with Gasteiger partial charge in [-0.15, -0.1) is 0 Å². The smallest absolute Gasteiger partial charge is 0.343 e. The maximum Gasteiger partial charge on any atom is 0.343 e. The first kappa shape index (κ1) is 15.6. The Morgan fingerprint density at radius 2 is 1.76 bits per heavy atom. The maximum atomic E-state index is 12.1. The molecular weight excluding hydrogens is 332 g/mol. The minimum atomic E-state index is -0.393. The van der Waals surface area contributed by atoms with Gasteiger partial charge < -0.3 is 9.47 Å². The molecule has 2 rings (SSSR count). The molecule has 0 atom stereocenters. The second kappa shape index (κ2) is 6.76. The van der Waals surface area contributed by atoms with Crippen molar-refractivity contribution in [1.82, 2.24) is 0 Å². The lowest BCUT2D eigenvalue weighted by Crippen LogP contribution is -2.10. The second-order valence-corrected chi connectivity index (χ2v) is 5.87. The van der Waals surface area contributed by atoms with Gasteiger partial charge in [-0.3, -0.25) is 0 Å². The van der Waals surface area contributed by atoms with E-state index in [-0.39, 0.29) is 6.10 Å². The summed E-state index contributed by atoms with van der Waals surface area (Å²) in [6.45, 7) is 5.88. The highest BCUT2D eigenvalue weighted by molar-refractivity contribution is 9.10. The molecule has 0 spiro atoms. The summed E-state index contributed by atoms with van der Waals surface area (Å²) < 4.78 is 11.7. The standard InChI is InChI=1S/C17H17BrO3/c1-11(2)20-16-9-6-13(10-15(16)18)17(19)21-14-7-4-12(3)5-8-14/h4-11H,1-3H3. The van der Waals surface area contributed by atoms with Crippen LogP contribution in [0, 0.1) is 6.92 Å². The molecule has 0 heterocycles. The molecule has 0 unspecified atom stereocenters. The number of ether oxygens (including phenoxy) is 2. The van der Waals surface area contributed by atoms with E-state index in [0.717, 1.165) is 10.0 Å². The van der Waals surface area contributed by atoms with Crippen LogP contribution in [0.1, 0.15) is 29.8 Å². The topological polar surface area (TPSA) is 35.5 Å². The van der Waals surface area contributed by atoms with Gasteiger partial charge in [0.15, 0.2) is 0 Å². The summed E-state index contributed by atoms with van der Waals surface area (Å²) >= 11 is 3.41. The molecule has 0 aliphatic carbocycles. The van der Waals surface area contributed by atoms with E-state index in [1.807, 2.05) is 32.9 Å². The first-order chi connectivity index (χ1) is 9.95. The molecule has 21 heavy (non-hydrogen) atoms. The number of hydrogen-bond donors (Lipinski definition) is 0. The van der Waals surface area contributed by atoms with Crippen LogP contribution in [0.3, 0.4) is 0 Å². The molecule has 0 N–H and O–H groups in total. The van der Waals surface area contributed by atoms with E-state index in [0.29, 0.717) is 17.1 Å². The molecule has 110 valence electrons. The molecule has 0 amide bonds. The molecule has 0 saturated heterocycles. The van der Waals surface area contributed by atoms with Crippen molar-refractivity contribution in [2.75, 3.05) is 0 Å². The minimum Gasteiger partial charge on any atom is -0.490 e. The second-order valence-electron chi connectivity index (χ2n) is 5.01. The summed E-state index contributed by atoms with van der Waals surface area (Å²) in [6, 6.07) is 12.5. The lowest BCUT2D eigenvalue weighted by Gasteiger charge is -2.12. The SMILES string of the molecule is Cc1ccc(OC(=O)c2ccc(OC(C)C)c(Br)c2)cc1. The van der Waals surface area contributed by atoms with Gasteiger partial charge >= 0.3 is 5.97 Å². The van der Waals surface area contributed by atoms with Crippen molar-refractivity contribution in [3.05, 3.63) is 58.1 Å². The highest BCUT2D eigenvalue weighted by atomic mass is 79.9. The summed E-state index contributed by atoms with van der Waals surface area (Å²) in [5, 5.41) is 0. The first-order valence-corrected chi connectivity index (χ1v) is 7.50. The number of carbonyl (C=O) groups is 1. The highest BCUT2D eigenvalue weighted by Crippen LogP contribution is 2.27. The predicted molar refractivity (Wildman–Crippen MR) is 86.0 cm³/mol. The molecule has 0 aromatic heterocycles. The zero-order valence-corrected chi connectivity index (χ0v) is 13.8. The fraction of sp³-hybridized carbons (Fsp3) is 0.235. The minimum absolute atomic E-state index is 0.0756. The van der Waals surface area contributed by atoms with Gasteiger partial charge in [0.2, 0.25) is 0 Å². The molecule has 3 nitrogen and oxygen atoms in total. The van der Waals surface area contributed by atoms with Crippen molar-refractivity contribution in [1.29, 1.82) is 0 Å². The van der Waals surface area contributed by atoms with Crippen LogP contribution in [0.5, 0.6) is 11.5 Å². The van der Waals surface area contributed by atoms with Gasteiger partial charge in [-0.1, -0.05) is 17.7 Å². The molecule has 2 aromatic carbocycles. The van der Waals surface area contributed by atoms with Gasteiger partial charge in [0.05, 0.1) is 16.1 Å². The van der Waals surface area contributed by atoms with Crippen molar-refractivity contribution >= 4 is 21.9 Å². The first-order valence-electron chi connectivity index (χ1n) is 6.71. The Balaban J connectivity index is 2.12. The Morgan fingerprint density at radius 3 is 2.33 bits per heavy atom. The van der Waals surface area contributed by atoms with Gasteiger partial charge in [-0.25, -0.2) is 4.79 Å². The van der Waals surface area contributed by atoms with E-state index >= 15 is 0 Å². The van der Waals surface area contributed by atoms with Crippen LogP contribution in [0.15, 0.2) is 46.9 Å². The summed E-state index contributed by atoms with van der Waals surface area (Å²) in [6.07, 6.45) is 0.0756. The number of carbonyl (C=O) groups excluding carboxylic acids is 1. The van der Waals surface area contributed by atoms with Crippen LogP contribution in [-0.2, 0) is 0 Å². The molecule has 0 fully saturated rings. The quantitative estimate of drug-likeness (QED) is 0.590. The molecule has 2 aromatic rings. The van der Waals surface area contributed by atoms with Crippen molar-refractivity contribution in [2.24, 2.45) is 0 Å². The number of esters is 1. The Hall–Kier alpha value is -1.81. The van der Waals surface area contributed by atoms with Crippen LogP contribution in [-0.4, -0.2) is 12.1 Å². The van der Waals surface area contributed by atoms with Crippen LogP contribution in [0.2, 0.25) is 0 Å². The molecular formula is C17H17BrO3. The van der Waals surface area contributed by atoms with E-state index in [1.165, 1.54) is 0 Å². The van der Waals surface area contributed by atoms with Crippen LogP contribution in [0.25, 0.3) is 0 Å². The van der Waals surface area contributed by atoms with Gasteiger partial charge in [-0.05, 0) is 67.0 Å². The number of aryl methyl sites for hydroxylation is 1. The predicted octanol–water partition coefficient (Wildman–Crippen LogP) is 4.76. The third-order valence-electron chi connectivity index (χ3n) is 2.76. The highest BCUT2D eigenvalue weighted by Gasteiger charge is 2.12. The Kier molecular flexibility index (Phi) is 5.02. The molecule has 4 heteroatoms. The van der Waals surface area contributed by atoms with Gasteiger partial charge in [-0.2, -0.15) is 0 Å². The number of rotatable bonds is 4. The number of hydrogen-bond acceptors (Lipinski definition) is 3. The maximum absolute atomic E-state index is 12.1. The summed E-state index contributed by atoms with van der Waals surface area (Å²) in [7, 11) is 0. The monoisotopic (exact) mass is 348 g/mol. The molecule has 0 aliphatic rings. The average Bonchev–Trinajstić information content (AvgIpc) is 2.43. The summed E-state index contributed by atoms with van der Waals surface area (Å²) in [4.78, 5) is 12.1. The van der Waals surface area contributed by atoms with Crippen molar-refractivity contribution in [3.63, 3.8) is 0 Å². The van der Waals surface area contributed by atoms with Crippen molar-refractivity contribution in [2.45, 2.75) is 26.9 Å². The molecule has 0 bridgehead atoms. The lowest BCUT2D eigenvalue weighted by molar-refractivity contribution is 0.0734. The van der Waals surface area contributed by atoms with E-state index in [4.69, 9.17) is 9.47 Å². The molecule has 0 aliphatic heterocycles. The van der Waals surface area contributed by atoms with Crippen molar-refractivity contribution in [3.8, 4) is 11.5 Å². The third-order valence-corrected chi connectivity index (χ3v) is 3.38. The average molecular weight is 349 g/mol. The van der Waals surface area contributed by atoms with Crippen molar-refractivity contribution < 1.29 is 14.3 Å². The third kappa shape index (κ3) is 4.33. The Morgan fingerprint density at radius 1 is 1.10 bits per heavy atom. The molecule has 0 saturated carbocycles. The normalized spacial score (nSPS) is 10.5. The van der Waals surface area contributed by atoms with Gasteiger partial charge in [0.1, 0.15) is 11.5 Å². The van der Waals surface area contributed by atoms with E-state index in [2.05, 4.69) is 15.9 Å². The fourth-order valence-corrected chi connectivity index (χ4v) is 2.22.